The molecule has 0 aromatic carbocycles. The predicted molar refractivity (Wildman–Crippen MR) is 94.8 cm³/mol. The van der Waals surface area contributed by atoms with Gasteiger partial charge in [-0.25, -0.2) is 18.6 Å². The highest BCUT2D eigenvalue weighted by Gasteiger charge is 1.97. The molecule has 0 radical (unpaired) electrons. The van der Waals surface area contributed by atoms with Crippen LogP contribution in [-0.4, -0.2) is 46.3 Å². The minimum atomic E-state index is -5.64. The molecule has 1 unspecified atom stereocenters. The van der Waals surface area contributed by atoms with Crippen LogP contribution in [0.1, 0.15) is 0 Å². The van der Waals surface area contributed by atoms with E-state index in [-0.39, 0.29) is 23.4 Å². The quantitative estimate of drug-likeness (QED) is 0.0797. The van der Waals surface area contributed by atoms with E-state index in [4.69, 9.17) is 62.1 Å². The first-order valence-corrected chi connectivity index (χ1v) is 9.06. The molecule has 32 heavy (non-hydrogen) atoms. The van der Waals surface area contributed by atoms with Gasteiger partial charge in [0.25, 0.3) is 0 Å². The van der Waals surface area contributed by atoms with Gasteiger partial charge >= 0.3 is 43.9 Å². The van der Waals surface area contributed by atoms with Crippen LogP contribution in [0.5, 0.6) is 0 Å². The zero-order valence-electron chi connectivity index (χ0n) is 15.6. The van der Waals surface area contributed by atoms with Crippen LogP contribution in [-0.2, 0) is 9.13 Å². The maximum Gasteiger partial charge on any atom is 0.376 e. The van der Waals surface area contributed by atoms with Gasteiger partial charge < -0.3 is 46.8 Å². The fourth-order valence-corrected chi connectivity index (χ4v) is 0.427. The van der Waals surface area contributed by atoms with Crippen LogP contribution < -0.4 is 81.3 Å². The minimum Gasteiger partial charge on any atom is -0.786 e. The van der Waals surface area contributed by atoms with Crippen molar-refractivity contribution in [1.29, 1.82) is 0 Å². The molecule has 22 nitrogen and oxygen atoms in total. The summed E-state index contributed by atoms with van der Waals surface area (Å²) in [6.45, 7) is 0. The lowest BCUT2D eigenvalue weighted by atomic mass is 10.9. The van der Waals surface area contributed by atoms with Crippen molar-refractivity contribution >= 4 is 51.8 Å². The number of nitrogens with two attached hydrogens (primary N) is 9. The fourth-order valence-electron chi connectivity index (χ4n) is 0.427. The molecule has 1 atom stereocenters. The van der Waals surface area contributed by atoms with Crippen molar-refractivity contribution in [3.63, 3.8) is 0 Å². The van der Waals surface area contributed by atoms with E-state index in [1.807, 2.05) is 16.0 Å². The van der Waals surface area contributed by atoms with Crippen molar-refractivity contribution in [1.82, 2.24) is 16.0 Å². The molecule has 0 rings (SSSR count). The molecular formula is C6H24F2N12O10P2. The van der Waals surface area contributed by atoms with Crippen molar-refractivity contribution < 1.29 is 73.2 Å². The smallest absolute Gasteiger partial charge is 0.376 e. The third kappa shape index (κ3) is 243. The SMILES string of the molecule is NC(=[NH2+])NC(N)=O.NC(=[NH2+])NC(N)=O.NC(=[NH2+])NC(N)=O.O.O=P([O-])(O)F.O=P([O-])([O-])F. The summed E-state index contributed by atoms with van der Waals surface area (Å²) in [5, 5.41) is 20.1. The fraction of sp³-hybridized carbons (Fsp3) is 0. The molecule has 0 fully saturated rings. The normalized spacial score (nSPS) is 10.1. The zero-order valence-corrected chi connectivity index (χ0v) is 17.3. The average molecular weight is 524 g/mol. The highest BCUT2D eigenvalue weighted by atomic mass is 31.2. The summed E-state index contributed by atoms with van der Waals surface area (Å²) in [7, 11) is -11.0. The number of halogens is 2. The molecular weight excluding hydrogens is 500 g/mol. The summed E-state index contributed by atoms with van der Waals surface area (Å²) in [5.74, 6) is -0.562. The molecule has 0 heterocycles. The van der Waals surface area contributed by atoms with Crippen LogP contribution in [0.3, 0.4) is 0 Å². The summed E-state index contributed by atoms with van der Waals surface area (Å²) in [4.78, 5) is 61.5. The van der Waals surface area contributed by atoms with E-state index >= 15 is 0 Å². The van der Waals surface area contributed by atoms with Crippen molar-refractivity contribution in [2.45, 2.75) is 0 Å². The van der Waals surface area contributed by atoms with Crippen LogP contribution in [0.4, 0.5) is 22.8 Å². The Bertz CT molecular complexity index is 576. The molecule has 0 aromatic rings. The number of guanidine groups is 3. The highest BCUT2D eigenvalue weighted by Crippen LogP contribution is 2.28. The molecule has 0 aliphatic heterocycles. The second-order valence-corrected chi connectivity index (χ2v) is 5.48. The molecule has 0 bridgehead atoms. The summed E-state index contributed by atoms with van der Waals surface area (Å²) in [6, 6.07) is -2.25. The molecule has 26 heteroatoms. The Morgan fingerprint density at radius 2 is 0.781 bits per heavy atom. The lowest BCUT2D eigenvalue weighted by Gasteiger charge is -2.15. The van der Waals surface area contributed by atoms with Gasteiger partial charge in [-0.2, -0.15) is 20.1 Å². The van der Waals surface area contributed by atoms with E-state index in [0.717, 1.165) is 0 Å². The summed E-state index contributed by atoms with van der Waals surface area (Å²) < 4.78 is 37.4. The lowest BCUT2D eigenvalue weighted by Crippen LogP contribution is -2.57. The number of hydrogen-bond acceptors (Lipinski definition) is 8. The molecule has 6 amide bonds. The Labute approximate surface area is 176 Å². The number of carbonyl (C=O) groups excluding carboxylic acids is 3. The Morgan fingerprint density at radius 3 is 0.781 bits per heavy atom. The lowest BCUT2D eigenvalue weighted by molar-refractivity contribution is -0.328. The first-order valence-electron chi connectivity index (χ1n) is 6.16. The van der Waals surface area contributed by atoms with Gasteiger partial charge in [-0.1, -0.05) is 0 Å². The van der Waals surface area contributed by atoms with Gasteiger partial charge in [-0.05, 0) is 0 Å². The van der Waals surface area contributed by atoms with Crippen molar-refractivity contribution in [2.75, 3.05) is 0 Å². The monoisotopic (exact) mass is 524 g/mol. The topological polar surface area (TPSA) is 475 Å². The number of hydrogen-bond donors (Lipinski definition) is 13. The first-order chi connectivity index (χ1) is 13.4. The minimum absolute atomic E-state index is 0. The van der Waals surface area contributed by atoms with E-state index in [9.17, 15) is 22.8 Å². The van der Waals surface area contributed by atoms with E-state index in [1.165, 1.54) is 0 Å². The number of urea groups is 3. The van der Waals surface area contributed by atoms with Crippen molar-refractivity contribution in [2.24, 2.45) is 34.4 Å². The number of rotatable bonds is 0. The Kier molecular flexibility index (Phi) is 29.2. The van der Waals surface area contributed by atoms with Gasteiger partial charge in [0.2, 0.25) is 0 Å². The molecule has 192 valence electrons. The van der Waals surface area contributed by atoms with Gasteiger partial charge in [-0.15, -0.1) is 0 Å². The van der Waals surface area contributed by atoms with Crippen molar-refractivity contribution in [3.05, 3.63) is 0 Å². The highest BCUT2D eigenvalue weighted by molar-refractivity contribution is 7.44. The number of primary amides is 3. The number of nitrogens with one attached hydrogen (secondary N) is 3. The molecule has 0 saturated carbocycles. The van der Waals surface area contributed by atoms with Crippen LogP contribution in [0.15, 0.2) is 0 Å². The van der Waals surface area contributed by atoms with E-state index in [1.54, 1.807) is 0 Å². The van der Waals surface area contributed by atoms with Crippen molar-refractivity contribution in [3.8, 4) is 0 Å². The van der Waals surface area contributed by atoms with E-state index in [0.29, 0.717) is 0 Å². The standard InChI is InChI=1S/3C2H6N4O.2FH2O3P.H2O/c3*3-1(4)6-2(5)7;2*1-5(2,3)4;/h3*(H6,3,4,5,6,7);2*(H2,2,3,4);1H2. The summed E-state index contributed by atoms with van der Waals surface area (Å²) in [6.07, 6.45) is 0. The predicted octanol–water partition coefficient (Wildman–Crippen LogP) is -12.4. The molecule has 0 aliphatic rings. The maximum atomic E-state index is 10.2. The largest absolute Gasteiger partial charge is 0.786 e. The van der Waals surface area contributed by atoms with Crippen LogP contribution in [0.2, 0.25) is 0 Å². The maximum absolute atomic E-state index is 10.2. The van der Waals surface area contributed by atoms with Gasteiger partial charge in [-0.3, -0.25) is 38.0 Å². The van der Waals surface area contributed by atoms with Gasteiger partial charge in [0.15, 0.2) is 0 Å². The third-order valence-electron chi connectivity index (χ3n) is 0.803. The Balaban J connectivity index is -0.0000000661. The molecule has 0 aromatic heterocycles. The molecule has 0 spiro atoms. The summed E-state index contributed by atoms with van der Waals surface area (Å²) in [5.41, 5.74) is 28.0. The number of amides is 6. The third-order valence-corrected chi connectivity index (χ3v) is 0.803. The molecule has 0 saturated heterocycles. The second-order valence-electron chi connectivity index (χ2n) is 3.72. The van der Waals surface area contributed by atoms with E-state index < -0.39 is 33.9 Å². The zero-order chi connectivity index (χ0) is 26.6. The molecule has 0 aliphatic carbocycles. The van der Waals surface area contributed by atoms with E-state index in [2.05, 4.69) is 17.2 Å². The first kappa shape index (κ1) is 42.4. The van der Waals surface area contributed by atoms with Crippen LogP contribution in [0, 0.1) is 0 Å². The van der Waals surface area contributed by atoms with Crippen LogP contribution in [0.25, 0.3) is 0 Å². The molecule has 24 N–H and O–H groups in total. The Morgan fingerprint density at radius 1 is 0.688 bits per heavy atom. The van der Waals surface area contributed by atoms with Gasteiger partial charge in [0.05, 0.1) is 0 Å². The van der Waals surface area contributed by atoms with Crippen LogP contribution >= 0.6 is 15.8 Å². The average Bonchev–Trinajstić information content (AvgIpc) is 2.29. The second kappa shape index (κ2) is 22.0. The van der Waals surface area contributed by atoms with Gasteiger partial charge in [0.1, 0.15) is 7.91 Å². The van der Waals surface area contributed by atoms with Gasteiger partial charge in [0, 0.05) is 0 Å². The Hall–Kier alpha value is -3.66. The number of carbonyl (C=O) groups is 3. The summed E-state index contributed by atoms with van der Waals surface area (Å²) >= 11 is 0.